The number of benzene rings is 2. The number of rotatable bonds is 1. The highest BCUT2D eigenvalue weighted by Crippen LogP contribution is 2.27. The third kappa shape index (κ3) is 2.32. The van der Waals surface area contributed by atoms with E-state index in [1.807, 2.05) is 38.1 Å². The number of fused-ring (bicyclic) bond motifs is 2. The lowest BCUT2D eigenvalue weighted by Gasteiger charge is -2.12. The largest absolute Gasteiger partial charge is 0.504 e. The molecule has 2 aromatic carbocycles. The van der Waals surface area contributed by atoms with E-state index in [1.54, 1.807) is 12.3 Å². The Kier molecular flexibility index (Phi) is 3.25. The molecule has 4 aromatic rings. The minimum absolute atomic E-state index is 0.221. The van der Waals surface area contributed by atoms with Gasteiger partial charge in [-0.25, -0.2) is 4.98 Å². The van der Waals surface area contributed by atoms with Gasteiger partial charge in [-0.1, -0.05) is 18.2 Å². The summed E-state index contributed by atoms with van der Waals surface area (Å²) in [6, 6.07) is 12.0. The highest BCUT2D eigenvalue weighted by Gasteiger charge is 2.12. The number of aryl methyl sites for hydroxylation is 2. The Labute approximate surface area is 143 Å². The first-order chi connectivity index (χ1) is 12.0. The van der Waals surface area contributed by atoms with Gasteiger partial charge in [0.2, 0.25) is 0 Å². The first kappa shape index (κ1) is 15.2. The lowest BCUT2D eigenvalue weighted by atomic mass is 10.1. The van der Waals surface area contributed by atoms with E-state index in [0.717, 1.165) is 22.0 Å². The fourth-order valence-corrected chi connectivity index (χ4v) is 3.11. The maximum atomic E-state index is 13.0. The molecule has 0 aliphatic rings. The van der Waals surface area contributed by atoms with Crippen LogP contribution in [-0.2, 0) is 0 Å². The van der Waals surface area contributed by atoms with Crippen LogP contribution >= 0.6 is 0 Å². The van der Waals surface area contributed by atoms with Crippen LogP contribution in [0.1, 0.15) is 11.1 Å². The molecule has 0 radical (unpaired) electrons. The second kappa shape index (κ2) is 5.34. The van der Waals surface area contributed by atoms with Crippen molar-refractivity contribution >= 4 is 21.8 Å². The summed E-state index contributed by atoms with van der Waals surface area (Å²) in [7, 11) is 0. The number of phenolic OH excluding ortho intramolecular Hbond substituents is 2. The lowest BCUT2D eigenvalue weighted by molar-refractivity contribution is 0.403. The molecule has 0 saturated heterocycles. The van der Waals surface area contributed by atoms with Crippen LogP contribution in [0.15, 0.2) is 53.5 Å². The lowest BCUT2D eigenvalue weighted by Crippen LogP contribution is -2.19. The van der Waals surface area contributed by atoms with Gasteiger partial charge in [0.1, 0.15) is 0 Å². The zero-order chi connectivity index (χ0) is 17.7. The summed E-state index contributed by atoms with van der Waals surface area (Å²) >= 11 is 0. The summed E-state index contributed by atoms with van der Waals surface area (Å²) in [5, 5.41) is 20.6. The molecule has 2 heterocycles. The molecule has 0 aliphatic carbocycles. The molecule has 0 saturated carbocycles. The van der Waals surface area contributed by atoms with E-state index in [4.69, 9.17) is 4.98 Å². The zero-order valence-corrected chi connectivity index (χ0v) is 13.8. The van der Waals surface area contributed by atoms with Gasteiger partial charge in [0.25, 0.3) is 5.56 Å². The molecule has 0 unspecified atom stereocenters. The molecule has 2 N–H and O–H groups in total. The van der Waals surface area contributed by atoms with Crippen LogP contribution in [0.5, 0.6) is 11.5 Å². The van der Waals surface area contributed by atoms with Gasteiger partial charge in [-0.3, -0.25) is 9.36 Å². The van der Waals surface area contributed by atoms with E-state index in [1.165, 1.54) is 16.7 Å². The summed E-state index contributed by atoms with van der Waals surface area (Å²) < 4.78 is 1.46. The molecule has 0 atom stereocenters. The zero-order valence-electron chi connectivity index (χ0n) is 13.8. The minimum Gasteiger partial charge on any atom is -0.504 e. The van der Waals surface area contributed by atoms with Crippen molar-refractivity contribution in [1.82, 2.24) is 9.55 Å². The number of aromatic nitrogens is 2. The third-order valence-corrected chi connectivity index (χ3v) is 4.43. The van der Waals surface area contributed by atoms with Gasteiger partial charge in [-0.2, -0.15) is 0 Å². The van der Waals surface area contributed by atoms with Gasteiger partial charge >= 0.3 is 0 Å². The smallest absolute Gasteiger partial charge is 0.264 e. The van der Waals surface area contributed by atoms with Gasteiger partial charge in [-0.15, -0.1) is 0 Å². The van der Waals surface area contributed by atoms with Gasteiger partial charge in [0.05, 0.1) is 22.1 Å². The van der Waals surface area contributed by atoms with Crippen LogP contribution in [0.4, 0.5) is 0 Å². The maximum Gasteiger partial charge on any atom is 0.264 e. The van der Waals surface area contributed by atoms with Crippen LogP contribution in [0, 0.1) is 13.8 Å². The van der Waals surface area contributed by atoms with Crippen molar-refractivity contribution < 1.29 is 10.2 Å². The van der Waals surface area contributed by atoms with E-state index < -0.39 is 0 Å². The molecule has 25 heavy (non-hydrogen) atoms. The predicted molar refractivity (Wildman–Crippen MR) is 97.6 cm³/mol. The number of pyridine rings is 2. The Morgan fingerprint density at radius 2 is 1.72 bits per heavy atom. The number of hydrogen-bond donors (Lipinski definition) is 2. The van der Waals surface area contributed by atoms with E-state index in [-0.39, 0.29) is 17.1 Å². The Morgan fingerprint density at radius 1 is 0.920 bits per heavy atom. The van der Waals surface area contributed by atoms with Crippen LogP contribution in [0.3, 0.4) is 0 Å². The Balaban J connectivity index is 2.08. The van der Waals surface area contributed by atoms with Gasteiger partial charge < -0.3 is 10.2 Å². The monoisotopic (exact) mass is 332 g/mol. The van der Waals surface area contributed by atoms with Crippen LogP contribution in [-0.4, -0.2) is 19.8 Å². The highest BCUT2D eigenvalue weighted by atomic mass is 16.3. The quantitative estimate of drug-likeness (QED) is 0.413. The maximum absolute atomic E-state index is 13.0. The normalized spacial score (nSPS) is 11.3. The molecule has 0 amide bonds. The van der Waals surface area contributed by atoms with Crippen molar-refractivity contribution in [3.63, 3.8) is 0 Å². The number of hydrogen-bond acceptors (Lipinski definition) is 4. The highest BCUT2D eigenvalue weighted by molar-refractivity contribution is 5.94. The SMILES string of the molecule is Cc1cccc2cc3c(=O)n(-c4ccc(O)c(O)c4)cc(C)c3nc12. The second-order valence-corrected chi connectivity index (χ2v) is 6.19. The summed E-state index contributed by atoms with van der Waals surface area (Å²) in [5.74, 6) is -0.494. The molecule has 2 aromatic heterocycles. The molecule has 0 bridgehead atoms. The molecular formula is C20H16N2O3. The number of para-hydroxylation sites is 1. The third-order valence-electron chi connectivity index (χ3n) is 4.43. The van der Waals surface area contributed by atoms with Crippen LogP contribution < -0.4 is 5.56 Å². The Hall–Kier alpha value is -3.34. The van der Waals surface area contributed by atoms with Gasteiger partial charge in [0, 0.05) is 17.6 Å². The fourth-order valence-electron chi connectivity index (χ4n) is 3.11. The summed E-state index contributed by atoms with van der Waals surface area (Å²) in [5.41, 5.74) is 3.73. The van der Waals surface area contributed by atoms with Crippen LogP contribution in [0.25, 0.3) is 27.5 Å². The van der Waals surface area contributed by atoms with Crippen molar-refractivity contribution in [3.8, 4) is 17.2 Å². The average molecular weight is 332 g/mol. The Bertz CT molecular complexity index is 1210. The summed E-state index contributed by atoms with van der Waals surface area (Å²) in [4.78, 5) is 17.7. The second-order valence-electron chi connectivity index (χ2n) is 6.19. The van der Waals surface area contributed by atoms with Crippen molar-refractivity contribution in [2.24, 2.45) is 0 Å². The molecule has 4 rings (SSSR count). The van der Waals surface area contributed by atoms with E-state index in [0.29, 0.717) is 16.6 Å². The molecule has 0 aliphatic heterocycles. The van der Waals surface area contributed by atoms with E-state index >= 15 is 0 Å². The Morgan fingerprint density at radius 3 is 2.48 bits per heavy atom. The number of nitrogens with zero attached hydrogens (tertiary/aromatic N) is 2. The average Bonchev–Trinajstić information content (AvgIpc) is 2.60. The standard InChI is InChI=1S/C20H16N2O3/c1-11-4-3-5-13-8-15-19(21-18(11)13)12(2)10-22(20(15)25)14-6-7-16(23)17(24)9-14/h3-10,23-24H,1-2H3. The number of phenols is 2. The molecule has 124 valence electrons. The van der Waals surface area contributed by atoms with Gasteiger partial charge in [0.15, 0.2) is 11.5 Å². The molecular weight excluding hydrogens is 316 g/mol. The van der Waals surface area contributed by atoms with E-state index in [9.17, 15) is 15.0 Å². The van der Waals surface area contributed by atoms with E-state index in [2.05, 4.69) is 0 Å². The molecule has 5 heteroatoms. The topological polar surface area (TPSA) is 75.4 Å². The fraction of sp³-hybridized carbons (Fsp3) is 0.100. The summed E-state index contributed by atoms with van der Waals surface area (Å²) in [6.07, 6.45) is 1.70. The first-order valence-electron chi connectivity index (χ1n) is 7.90. The van der Waals surface area contributed by atoms with Crippen molar-refractivity contribution in [3.05, 3.63) is 70.1 Å². The molecule has 0 fully saturated rings. The predicted octanol–water partition coefficient (Wildman–Crippen LogP) is 3.57. The summed E-state index contributed by atoms with van der Waals surface area (Å²) in [6.45, 7) is 3.90. The van der Waals surface area contributed by atoms with Crippen molar-refractivity contribution in [2.75, 3.05) is 0 Å². The van der Waals surface area contributed by atoms with Gasteiger partial charge in [-0.05, 0) is 43.2 Å². The van der Waals surface area contributed by atoms with Crippen molar-refractivity contribution in [1.29, 1.82) is 0 Å². The first-order valence-corrected chi connectivity index (χ1v) is 7.90. The van der Waals surface area contributed by atoms with Crippen LogP contribution in [0.2, 0.25) is 0 Å². The van der Waals surface area contributed by atoms with Crippen molar-refractivity contribution in [2.45, 2.75) is 13.8 Å². The minimum atomic E-state index is -0.269. The number of aromatic hydroxyl groups is 2. The molecule has 0 spiro atoms. The molecule has 5 nitrogen and oxygen atoms in total.